The van der Waals surface area contributed by atoms with Crippen molar-refractivity contribution in [1.29, 1.82) is 0 Å². The summed E-state index contributed by atoms with van der Waals surface area (Å²) in [7, 11) is 0. The lowest BCUT2D eigenvalue weighted by Crippen LogP contribution is -2.30. The number of nitrogens with one attached hydrogen (secondary N) is 2. The Morgan fingerprint density at radius 1 is 1.07 bits per heavy atom. The zero-order valence-corrected chi connectivity index (χ0v) is 13.8. The average molecular weight is 378 g/mol. The summed E-state index contributed by atoms with van der Waals surface area (Å²) in [5.74, 6) is -0.656. The van der Waals surface area contributed by atoms with E-state index in [-0.39, 0.29) is 5.56 Å². The molecule has 0 aliphatic rings. The number of anilines is 1. The number of benzene rings is 2. The van der Waals surface area contributed by atoms with Crippen molar-refractivity contribution in [2.45, 2.75) is 12.7 Å². The van der Waals surface area contributed by atoms with Gasteiger partial charge in [0.25, 0.3) is 0 Å². The number of nitrogens with zero attached hydrogens (tertiary/aromatic N) is 2. The molecule has 1 heterocycles. The zero-order valence-electron chi connectivity index (χ0n) is 13.8. The van der Waals surface area contributed by atoms with Crippen LogP contribution in [-0.4, -0.2) is 15.8 Å². The topological polar surface area (TPSA) is 59.0 Å². The van der Waals surface area contributed by atoms with Gasteiger partial charge in [-0.15, -0.1) is 0 Å². The molecule has 0 bridgehead atoms. The van der Waals surface area contributed by atoms with Crippen molar-refractivity contribution < 1.29 is 22.4 Å². The Balaban J connectivity index is 1.70. The fourth-order valence-electron chi connectivity index (χ4n) is 2.48. The van der Waals surface area contributed by atoms with Crippen molar-refractivity contribution in [3.8, 4) is 5.69 Å². The van der Waals surface area contributed by atoms with Crippen LogP contribution in [0.15, 0.2) is 60.8 Å². The summed E-state index contributed by atoms with van der Waals surface area (Å²) in [6.45, 7) is -0.416. The van der Waals surface area contributed by atoms with Crippen LogP contribution in [0.5, 0.6) is 0 Å². The zero-order chi connectivity index (χ0) is 19.4. The van der Waals surface area contributed by atoms with Crippen molar-refractivity contribution in [3.63, 3.8) is 0 Å². The van der Waals surface area contributed by atoms with Gasteiger partial charge in [-0.25, -0.2) is 13.9 Å². The molecule has 0 spiro atoms. The lowest BCUT2D eigenvalue weighted by Gasteiger charge is -2.14. The van der Waals surface area contributed by atoms with Crippen LogP contribution in [-0.2, 0) is 12.7 Å². The van der Waals surface area contributed by atoms with Crippen molar-refractivity contribution in [2.24, 2.45) is 0 Å². The predicted molar refractivity (Wildman–Crippen MR) is 90.8 cm³/mol. The highest BCUT2D eigenvalue weighted by Gasteiger charge is 2.33. The standard InChI is InChI=1S/C18H14F4N4O/c19-13-7-6-12(15(10-13)18(20,21)22)11-23-17(27)25-16-8-9-24-26(16)14-4-2-1-3-5-14/h1-10H,11H2,(H2,23,25,27). The third-order valence-electron chi connectivity index (χ3n) is 3.70. The Hall–Kier alpha value is -3.36. The summed E-state index contributed by atoms with van der Waals surface area (Å²) in [6.07, 6.45) is -3.24. The molecule has 3 rings (SSSR count). The number of aromatic nitrogens is 2. The predicted octanol–water partition coefficient (Wildman–Crippen LogP) is 4.35. The summed E-state index contributed by atoms with van der Waals surface area (Å²) in [5, 5.41) is 8.96. The second kappa shape index (κ2) is 7.48. The fraction of sp³-hybridized carbons (Fsp3) is 0.111. The first-order valence-corrected chi connectivity index (χ1v) is 7.84. The molecular formula is C18H14F4N4O. The Morgan fingerprint density at radius 2 is 1.81 bits per heavy atom. The molecule has 140 valence electrons. The van der Waals surface area contributed by atoms with Gasteiger partial charge in [-0.1, -0.05) is 24.3 Å². The van der Waals surface area contributed by atoms with E-state index in [1.807, 2.05) is 6.07 Å². The number of urea groups is 1. The van der Waals surface area contributed by atoms with E-state index in [0.29, 0.717) is 17.6 Å². The highest BCUT2D eigenvalue weighted by molar-refractivity contribution is 5.88. The highest BCUT2D eigenvalue weighted by Crippen LogP contribution is 2.32. The average Bonchev–Trinajstić information content (AvgIpc) is 3.08. The molecule has 2 aromatic carbocycles. The SMILES string of the molecule is O=C(NCc1ccc(F)cc1C(F)(F)F)Nc1ccnn1-c1ccccc1. The monoisotopic (exact) mass is 378 g/mol. The van der Waals surface area contributed by atoms with E-state index in [2.05, 4.69) is 15.7 Å². The quantitative estimate of drug-likeness (QED) is 0.663. The van der Waals surface area contributed by atoms with Crippen molar-refractivity contribution >= 4 is 11.8 Å². The molecule has 0 saturated heterocycles. The lowest BCUT2D eigenvalue weighted by molar-refractivity contribution is -0.138. The van der Waals surface area contributed by atoms with Crippen LogP contribution in [0.25, 0.3) is 5.69 Å². The fourth-order valence-corrected chi connectivity index (χ4v) is 2.48. The number of carbonyl (C=O) groups is 1. The second-order valence-electron chi connectivity index (χ2n) is 5.57. The van der Waals surface area contributed by atoms with E-state index >= 15 is 0 Å². The molecule has 27 heavy (non-hydrogen) atoms. The number of para-hydroxylation sites is 1. The maximum atomic E-state index is 13.1. The molecule has 0 aliphatic carbocycles. The first-order valence-electron chi connectivity index (χ1n) is 7.84. The number of halogens is 4. The van der Waals surface area contributed by atoms with Crippen molar-refractivity contribution in [1.82, 2.24) is 15.1 Å². The summed E-state index contributed by atoms with van der Waals surface area (Å²) >= 11 is 0. The molecule has 3 aromatic rings. The molecule has 2 amide bonds. The van der Waals surface area contributed by atoms with Gasteiger partial charge in [-0.3, -0.25) is 5.32 Å². The number of rotatable bonds is 4. The molecule has 0 atom stereocenters. The molecular weight excluding hydrogens is 364 g/mol. The molecule has 1 aromatic heterocycles. The van der Waals surface area contributed by atoms with Crippen molar-refractivity contribution in [3.05, 3.63) is 77.7 Å². The molecule has 0 unspecified atom stereocenters. The minimum absolute atomic E-state index is 0.240. The van der Waals surface area contributed by atoms with Gasteiger partial charge in [0.2, 0.25) is 0 Å². The molecule has 5 nitrogen and oxygen atoms in total. The maximum Gasteiger partial charge on any atom is 0.416 e. The van der Waals surface area contributed by atoms with Gasteiger partial charge in [0.05, 0.1) is 17.4 Å². The smallest absolute Gasteiger partial charge is 0.334 e. The summed E-state index contributed by atoms with van der Waals surface area (Å²) in [6, 6.07) is 12.1. The van der Waals surface area contributed by atoms with Gasteiger partial charge >= 0.3 is 12.2 Å². The Labute approximate surface area is 151 Å². The van der Waals surface area contributed by atoms with E-state index in [4.69, 9.17) is 0 Å². The number of amides is 2. The normalized spacial score (nSPS) is 11.3. The minimum atomic E-state index is -4.72. The molecule has 9 heteroatoms. The second-order valence-corrected chi connectivity index (χ2v) is 5.57. The van der Waals surface area contributed by atoms with Crippen LogP contribution in [0.3, 0.4) is 0 Å². The van der Waals surface area contributed by atoms with E-state index in [1.54, 1.807) is 30.3 Å². The van der Waals surface area contributed by atoms with Crippen LogP contribution in [0.4, 0.5) is 28.2 Å². The van der Waals surface area contributed by atoms with E-state index in [0.717, 1.165) is 12.1 Å². The number of hydrogen-bond acceptors (Lipinski definition) is 2. The van der Waals surface area contributed by atoms with Gasteiger partial charge in [0, 0.05) is 12.6 Å². The minimum Gasteiger partial charge on any atom is -0.334 e. The van der Waals surface area contributed by atoms with Crippen LogP contribution >= 0.6 is 0 Å². The molecule has 0 saturated carbocycles. The van der Waals surface area contributed by atoms with Crippen LogP contribution in [0, 0.1) is 5.82 Å². The van der Waals surface area contributed by atoms with Gasteiger partial charge in [-0.05, 0) is 29.8 Å². The van der Waals surface area contributed by atoms with Crippen LogP contribution in [0.1, 0.15) is 11.1 Å². The van der Waals surface area contributed by atoms with E-state index < -0.39 is 30.1 Å². The molecule has 0 aliphatic heterocycles. The van der Waals surface area contributed by atoms with Gasteiger partial charge in [0.15, 0.2) is 0 Å². The lowest BCUT2D eigenvalue weighted by atomic mass is 10.1. The largest absolute Gasteiger partial charge is 0.416 e. The van der Waals surface area contributed by atoms with Crippen LogP contribution < -0.4 is 10.6 Å². The summed E-state index contributed by atoms with van der Waals surface area (Å²) < 4.78 is 53.6. The molecule has 0 fully saturated rings. The first-order chi connectivity index (χ1) is 12.8. The third-order valence-corrected chi connectivity index (χ3v) is 3.70. The molecule has 2 N–H and O–H groups in total. The first kappa shape index (κ1) is 18.4. The molecule has 0 radical (unpaired) electrons. The maximum absolute atomic E-state index is 13.1. The van der Waals surface area contributed by atoms with E-state index in [1.165, 1.54) is 10.9 Å². The Kier molecular flexibility index (Phi) is 5.11. The van der Waals surface area contributed by atoms with Gasteiger partial charge < -0.3 is 5.32 Å². The van der Waals surface area contributed by atoms with E-state index in [9.17, 15) is 22.4 Å². The Morgan fingerprint density at radius 3 is 2.52 bits per heavy atom. The van der Waals surface area contributed by atoms with Gasteiger partial charge in [-0.2, -0.15) is 18.3 Å². The number of alkyl halides is 3. The van der Waals surface area contributed by atoms with Crippen LogP contribution in [0.2, 0.25) is 0 Å². The number of carbonyl (C=O) groups excluding carboxylic acids is 1. The van der Waals surface area contributed by atoms with Crippen molar-refractivity contribution in [2.75, 3.05) is 5.32 Å². The Bertz CT molecular complexity index is 938. The highest BCUT2D eigenvalue weighted by atomic mass is 19.4. The number of hydrogen-bond donors (Lipinski definition) is 2. The van der Waals surface area contributed by atoms with Gasteiger partial charge in [0.1, 0.15) is 11.6 Å². The summed E-state index contributed by atoms with van der Waals surface area (Å²) in [4.78, 5) is 12.1. The summed E-state index contributed by atoms with van der Waals surface area (Å²) in [5.41, 5.74) is -0.663. The third kappa shape index (κ3) is 4.43.